The molecule has 1 saturated heterocycles. The Bertz CT molecular complexity index is 711. The topological polar surface area (TPSA) is 46.5 Å². The maximum atomic E-state index is 12.6. The van der Waals surface area contributed by atoms with Crippen LogP contribution in [0.5, 0.6) is 11.5 Å². The number of hydrogen-bond donors (Lipinski definition) is 1. The molecule has 0 radical (unpaired) electrons. The number of quaternary nitrogens is 1. The van der Waals surface area contributed by atoms with E-state index in [1.165, 1.54) is 11.1 Å². The monoisotopic (exact) mass is 300 g/mol. The van der Waals surface area contributed by atoms with E-state index in [4.69, 9.17) is 4.74 Å². The molecule has 0 aromatic heterocycles. The third-order valence-electron chi connectivity index (χ3n) is 6.94. The second-order valence-electron chi connectivity index (χ2n) is 8.12. The Hall–Kier alpha value is -1.55. The third kappa shape index (κ3) is 1.23. The average Bonchev–Trinajstić information content (AvgIpc) is 2.84. The summed E-state index contributed by atoms with van der Waals surface area (Å²) in [6.45, 7) is 1.07. The number of carbonyl (C=O) groups excluding carboxylic acids is 1. The summed E-state index contributed by atoms with van der Waals surface area (Å²) in [5.74, 6) is 1.53. The second kappa shape index (κ2) is 3.67. The van der Waals surface area contributed by atoms with Crippen LogP contribution in [0.25, 0.3) is 0 Å². The number of aromatic hydroxyl groups is 1. The van der Waals surface area contributed by atoms with Gasteiger partial charge in [0.15, 0.2) is 23.4 Å². The Morgan fingerprint density at radius 2 is 2.18 bits per heavy atom. The van der Waals surface area contributed by atoms with E-state index in [2.05, 4.69) is 20.2 Å². The summed E-state index contributed by atoms with van der Waals surface area (Å²) in [6, 6.07) is 4.34. The Morgan fingerprint density at radius 1 is 1.36 bits per heavy atom. The van der Waals surface area contributed by atoms with Gasteiger partial charge < -0.3 is 14.3 Å². The van der Waals surface area contributed by atoms with E-state index in [1.54, 1.807) is 6.07 Å². The molecule has 1 spiro atoms. The highest BCUT2D eigenvalue weighted by molar-refractivity contribution is 5.89. The lowest BCUT2D eigenvalue weighted by Gasteiger charge is -2.59. The molecular formula is C18H22NO3+. The zero-order valence-corrected chi connectivity index (χ0v) is 13.1. The smallest absolute Gasteiger partial charge is 0.174 e. The molecule has 0 unspecified atom stereocenters. The molecule has 4 atom stereocenters. The lowest BCUT2D eigenvalue weighted by atomic mass is 9.51. The molecule has 1 aromatic carbocycles. The molecule has 4 heteroatoms. The lowest BCUT2D eigenvalue weighted by Crippen LogP contribution is -2.70. The highest BCUT2D eigenvalue weighted by Crippen LogP contribution is 2.63. The van der Waals surface area contributed by atoms with Crippen LogP contribution < -0.4 is 4.74 Å². The molecule has 2 bridgehead atoms. The molecule has 0 amide bonds. The minimum Gasteiger partial charge on any atom is -0.504 e. The van der Waals surface area contributed by atoms with Gasteiger partial charge in [0, 0.05) is 30.7 Å². The molecule has 4 aliphatic rings. The summed E-state index contributed by atoms with van der Waals surface area (Å²) in [5, 5.41) is 10.3. The number of likely N-dealkylation sites (N-methyl/N-ethyl adjacent to an activating group) is 1. The summed E-state index contributed by atoms with van der Waals surface area (Å²) in [6.07, 6.45) is 3.25. The maximum Gasteiger partial charge on any atom is 0.174 e. The molecule has 2 fully saturated rings. The SMILES string of the molecule is C[N+]1(C)CC[C@]23c4c5ccc(O)c4O[C@H]2C(=O)CC[C@H]3[C@H]1C5. The van der Waals surface area contributed by atoms with Crippen molar-refractivity contribution in [3.8, 4) is 11.5 Å². The third-order valence-corrected chi connectivity index (χ3v) is 6.94. The van der Waals surface area contributed by atoms with Crippen LogP contribution >= 0.6 is 0 Å². The molecule has 1 N–H and O–H groups in total. The van der Waals surface area contributed by atoms with E-state index in [0.29, 0.717) is 24.1 Å². The van der Waals surface area contributed by atoms with E-state index in [9.17, 15) is 9.90 Å². The number of nitrogens with zero attached hydrogens (tertiary/aromatic N) is 1. The Morgan fingerprint density at radius 3 is 3.00 bits per heavy atom. The van der Waals surface area contributed by atoms with E-state index < -0.39 is 0 Å². The molecule has 22 heavy (non-hydrogen) atoms. The molecule has 1 saturated carbocycles. The van der Waals surface area contributed by atoms with Gasteiger partial charge in [-0.15, -0.1) is 0 Å². The van der Waals surface area contributed by atoms with Crippen molar-refractivity contribution in [2.75, 3.05) is 20.6 Å². The summed E-state index contributed by atoms with van der Waals surface area (Å²) in [5.41, 5.74) is 2.29. The van der Waals surface area contributed by atoms with Gasteiger partial charge in [-0.1, -0.05) is 6.07 Å². The first-order valence-corrected chi connectivity index (χ1v) is 8.32. The van der Waals surface area contributed by atoms with Crippen LogP contribution in [-0.4, -0.2) is 48.2 Å². The second-order valence-corrected chi connectivity index (χ2v) is 8.12. The van der Waals surface area contributed by atoms with Gasteiger partial charge in [-0.25, -0.2) is 0 Å². The molecule has 1 aromatic rings. The zero-order valence-electron chi connectivity index (χ0n) is 13.1. The van der Waals surface area contributed by atoms with E-state index in [-0.39, 0.29) is 23.1 Å². The van der Waals surface area contributed by atoms with E-state index in [1.807, 2.05) is 0 Å². The van der Waals surface area contributed by atoms with Gasteiger partial charge in [0.2, 0.25) is 0 Å². The molecule has 4 nitrogen and oxygen atoms in total. The number of likely N-dealkylation sites (tertiary alicyclic amines) is 1. The average molecular weight is 300 g/mol. The number of benzene rings is 1. The molecule has 2 aliphatic carbocycles. The maximum absolute atomic E-state index is 12.6. The lowest BCUT2D eigenvalue weighted by molar-refractivity contribution is -0.927. The van der Waals surface area contributed by atoms with Gasteiger partial charge in [0.1, 0.15) is 0 Å². The number of hydrogen-bond acceptors (Lipinski definition) is 3. The molecule has 5 rings (SSSR count). The summed E-state index contributed by atoms with van der Waals surface area (Å²) in [4.78, 5) is 12.6. The van der Waals surface area contributed by atoms with Crippen molar-refractivity contribution in [3.63, 3.8) is 0 Å². The number of rotatable bonds is 0. The van der Waals surface area contributed by atoms with Gasteiger partial charge in [-0.3, -0.25) is 4.79 Å². The summed E-state index contributed by atoms with van der Waals surface area (Å²) < 4.78 is 7.11. The fourth-order valence-corrected chi connectivity index (χ4v) is 5.90. The van der Waals surface area contributed by atoms with Crippen LogP contribution in [0.15, 0.2) is 12.1 Å². The fraction of sp³-hybridized carbons (Fsp3) is 0.611. The van der Waals surface area contributed by atoms with Crippen LogP contribution in [-0.2, 0) is 16.6 Å². The molecule has 2 aliphatic heterocycles. The quantitative estimate of drug-likeness (QED) is 0.743. The van der Waals surface area contributed by atoms with Crippen LogP contribution in [0.1, 0.15) is 30.4 Å². The number of Topliss-reactive ketones (excluding diaryl/α,β-unsaturated/α-hetero) is 1. The van der Waals surface area contributed by atoms with Crippen LogP contribution in [0.3, 0.4) is 0 Å². The van der Waals surface area contributed by atoms with Crippen molar-refractivity contribution < 1.29 is 19.1 Å². The van der Waals surface area contributed by atoms with Crippen molar-refractivity contribution in [1.29, 1.82) is 0 Å². The number of ketones is 1. The number of ether oxygens (including phenoxy) is 1. The minimum atomic E-state index is -0.364. The highest BCUT2D eigenvalue weighted by atomic mass is 16.5. The van der Waals surface area contributed by atoms with Gasteiger partial charge in [-0.2, -0.15) is 0 Å². The summed E-state index contributed by atoms with van der Waals surface area (Å²) >= 11 is 0. The highest BCUT2D eigenvalue weighted by Gasteiger charge is 2.68. The van der Waals surface area contributed by atoms with Crippen LogP contribution in [0.2, 0.25) is 0 Å². The normalized spacial score (nSPS) is 40.1. The standard InChI is InChI=1S/C18H21NO3/c1-19(2)8-7-18-11-4-6-14(21)17(18)22-16-13(20)5-3-10(15(16)18)9-12(11)19/h3,5,11-12,17H,4,6-9H2,1-2H3/p+1/t11-,12+,17-,18-/m0/s1. The number of carbonyl (C=O) groups is 1. The van der Waals surface area contributed by atoms with Crippen LogP contribution in [0, 0.1) is 5.92 Å². The Balaban J connectivity index is 1.83. The van der Waals surface area contributed by atoms with Gasteiger partial charge in [0.25, 0.3) is 0 Å². The molecule has 2 heterocycles. The largest absolute Gasteiger partial charge is 0.504 e. The van der Waals surface area contributed by atoms with E-state index >= 15 is 0 Å². The van der Waals surface area contributed by atoms with Crippen molar-refractivity contribution in [2.24, 2.45) is 5.92 Å². The van der Waals surface area contributed by atoms with Gasteiger partial charge >= 0.3 is 0 Å². The van der Waals surface area contributed by atoms with Gasteiger partial charge in [-0.05, 0) is 18.1 Å². The minimum absolute atomic E-state index is 0.171. The van der Waals surface area contributed by atoms with Crippen LogP contribution in [0.4, 0.5) is 0 Å². The van der Waals surface area contributed by atoms with Crippen molar-refractivity contribution in [1.82, 2.24) is 0 Å². The number of piperidine rings is 1. The Kier molecular flexibility index (Phi) is 2.16. The molecular weight excluding hydrogens is 278 g/mol. The number of phenolic OH excluding ortho intramolecular Hbond substituents is 1. The first kappa shape index (κ1) is 12.9. The Labute approximate surface area is 130 Å². The van der Waals surface area contributed by atoms with Crippen molar-refractivity contribution >= 4 is 5.78 Å². The van der Waals surface area contributed by atoms with E-state index in [0.717, 1.165) is 30.3 Å². The first-order valence-electron chi connectivity index (χ1n) is 8.32. The predicted molar refractivity (Wildman–Crippen MR) is 81.0 cm³/mol. The predicted octanol–water partition coefficient (Wildman–Crippen LogP) is 1.77. The first-order chi connectivity index (χ1) is 10.4. The van der Waals surface area contributed by atoms with Gasteiger partial charge in [0.05, 0.1) is 32.1 Å². The van der Waals surface area contributed by atoms with Crippen molar-refractivity contribution in [2.45, 2.75) is 43.2 Å². The van der Waals surface area contributed by atoms with Crippen molar-refractivity contribution in [3.05, 3.63) is 23.3 Å². The fourth-order valence-electron chi connectivity index (χ4n) is 5.90. The summed E-state index contributed by atoms with van der Waals surface area (Å²) in [7, 11) is 4.65. The molecule has 116 valence electrons. The zero-order chi connectivity index (χ0) is 15.3. The number of phenols is 1.